The standard InChI is InChI=1S/C23H21N5O.C19H20BN3O3.C12H15N3.C7H7BO4/c29-23(18-8-6-16(7-9-18)21-24-12-3-13-25-21)28-14-10-17(11-15-28)22-26-19-4-1-2-5-20(19)27-22;24-19(14-5-7-15(8-6-14)20(25)26)23-11-9-13(10-12-23)18-21-16-3-1-2-4-17(16)22-18;1-2-4-11-10(3-1)14-12(15-11)9-5-7-13-8-6-9;9-7(10)5-1-3-6(4-2-5)8(11)12/h1-9,12-13,17H,10-11,14-15H2,(H,26,27);1-8,13,25-26H,9-12H2,(H,21,22);1-4,9,13H,5-8H2,(H,14,15);1-4,11-12H,(H,9,10). The van der Waals surface area contributed by atoms with Gasteiger partial charge in [-0.3, -0.25) is 9.59 Å². The molecule has 0 saturated carbocycles. The smallest absolute Gasteiger partial charge is 0.478 e. The number of hydrogen-bond acceptors (Lipinski definition) is 13. The number of para-hydroxylation sites is 6. The molecule has 6 aromatic carbocycles. The summed E-state index contributed by atoms with van der Waals surface area (Å²) in [6.07, 6.45) is 9.40. The molecule has 2 amide bonds. The zero-order chi connectivity index (χ0) is 57.0. The fourth-order valence-corrected chi connectivity index (χ4v) is 10.5. The van der Waals surface area contributed by atoms with E-state index in [9.17, 15) is 14.4 Å². The molecule has 21 heteroatoms. The zero-order valence-electron chi connectivity index (χ0n) is 45.1. The number of H-pyrrole nitrogens is 3. The molecule has 3 saturated heterocycles. The number of nitrogens with one attached hydrogen (secondary N) is 4. The first-order valence-electron chi connectivity index (χ1n) is 27.6. The Morgan fingerprint density at radius 3 is 1.16 bits per heavy atom. The maximum Gasteiger partial charge on any atom is 0.488 e. The van der Waals surface area contributed by atoms with Crippen LogP contribution in [0.3, 0.4) is 0 Å². The molecule has 4 aromatic heterocycles. The van der Waals surface area contributed by atoms with Crippen molar-refractivity contribution in [3.63, 3.8) is 0 Å². The molecule has 13 rings (SSSR count). The first-order chi connectivity index (χ1) is 39.9. The third-order valence-corrected chi connectivity index (χ3v) is 15.2. The van der Waals surface area contributed by atoms with Crippen LogP contribution >= 0.6 is 0 Å². The second kappa shape index (κ2) is 26.6. The van der Waals surface area contributed by atoms with Crippen LogP contribution in [0, 0.1) is 0 Å². The third-order valence-electron chi connectivity index (χ3n) is 15.2. The summed E-state index contributed by atoms with van der Waals surface area (Å²) in [5, 5.41) is 47.5. The number of carbonyl (C=O) groups excluding carboxylic acids is 2. The highest BCUT2D eigenvalue weighted by Gasteiger charge is 2.28. The van der Waals surface area contributed by atoms with Crippen LogP contribution in [0.1, 0.15) is 105 Å². The van der Waals surface area contributed by atoms with Crippen molar-refractivity contribution >= 4 is 76.0 Å². The molecular weight excluding hydrogens is 1040 g/mol. The van der Waals surface area contributed by atoms with Crippen LogP contribution in [0.5, 0.6) is 0 Å². The average Bonchev–Trinajstić information content (AvgIpc) is 4.39. The Balaban J connectivity index is 0.000000130. The Bertz CT molecular complexity index is 3610. The molecule has 9 N–H and O–H groups in total. The Hall–Kier alpha value is -8.85. The molecule has 416 valence electrons. The van der Waals surface area contributed by atoms with Crippen molar-refractivity contribution in [2.75, 3.05) is 39.3 Å². The number of imidazole rings is 3. The van der Waals surface area contributed by atoms with Gasteiger partial charge in [-0.05, 0) is 141 Å². The van der Waals surface area contributed by atoms with Gasteiger partial charge in [0.1, 0.15) is 17.5 Å². The number of fused-ring (bicyclic) bond motifs is 3. The van der Waals surface area contributed by atoms with Crippen molar-refractivity contribution in [1.29, 1.82) is 0 Å². The fraction of sp³-hybridized carbons (Fsp3) is 0.246. The van der Waals surface area contributed by atoms with E-state index in [1.54, 1.807) is 42.7 Å². The minimum atomic E-state index is -1.55. The van der Waals surface area contributed by atoms with Gasteiger partial charge >= 0.3 is 20.2 Å². The molecule has 3 aliphatic heterocycles. The second-order valence-corrected chi connectivity index (χ2v) is 20.5. The van der Waals surface area contributed by atoms with E-state index < -0.39 is 20.2 Å². The van der Waals surface area contributed by atoms with Gasteiger partial charge in [0.25, 0.3) is 11.8 Å². The van der Waals surface area contributed by atoms with Crippen LogP contribution in [0.4, 0.5) is 0 Å². The lowest BCUT2D eigenvalue weighted by Gasteiger charge is -2.31. The van der Waals surface area contributed by atoms with Gasteiger partial charge in [0.05, 0.1) is 38.7 Å². The number of amides is 2. The molecule has 0 spiro atoms. The number of aromatic carboxylic acids is 1. The normalized spacial score (nSPS) is 14.9. The van der Waals surface area contributed by atoms with Crippen molar-refractivity contribution in [3.8, 4) is 11.4 Å². The van der Waals surface area contributed by atoms with Crippen LogP contribution in [-0.4, -0.2) is 146 Å². The number of carboxylic acid groups (broad SMARTS) is 1. The summed E-state index contributed by atoms with van der Waals surface area (Å²) >= 11 is 0. The van der Waals surface area contributed by atoms with Gasteiger partial charge in [-0.15, -0.1) is 0 Å². The van der Waals surface area contributed by atoms with Gasteiger partial charge in [0.2, 0.25) is 0 Å². The van der Waals surface area contributed by atoms with E-state index in [1.807, 2.05) is 88.7 Å². The van der Waals surface area contributed by atoms with E-state index in [1.165, 1.54) is 37.1 Å². The van der Waals surface area contributed by atoms with Crippen molar-refractivity contribution in [2.45, 2.75) is 56.3 Å². The lowest BCUT2D eigenvalue weighted by atomic mass is 9.80. The van der Waals surface area contributed by atoms with Gasteiger partial charge in [0.15, 0.2) is 5.82 Å². The van der Waals surface area contributed by atoms with Crippen molar-refractivity contribution in [3.05, 3.63) is 198 Å². The minimum absolute atomic E-state index is 0.0213. The number of piperidine rings is 3. The maximum absolute atomic E-state index is 12.9. The first kappa shape index (κ1) is 56.4. The summed E-state index contributed by atoms with van der Waals surface area (Å²) in [4.78, 5) is 72.5. The van der Waals surface area contributed by atoms with Crippen molar-refractivity contribution in [1.82, 2.24) is 55.0 Å². The number of hydrogen-bond donors (Lipinski definition) is 9. The number of likely N-dealkylation sites (tertiary alicyclic amines) is 2. The molecule has 10 aromatic rings. The van der Waals surface area contributed by atoms with Crippen molar-refractivity contribution < 1.29 is 39.6 Å². The summed E-state index contributed by atoms with van der Waals surface area (Å²) in [5.41, 5.74) is 9.31. The van der Waals surface area contributed by atoms with E-state index in [0.29, 0.717) is 53.3 Å². The van der Waals surface area contributed by atoms with Gasteiger partial charge in [-0.2, -0.15) is 0 Å². The number of benzene rings is 6. The molecule has 0 atom stereocenters. The Kier molecular flexibility index (Phi) is 18.3. The summed E-state index contributed by atoms with van der Waals surface area (Å²) in [5.74, 6) is 4.19. The topological polar surface area (TPSA) is 283 Å². The number of rotatable bonds is 9. The van der Waals surface area contributed by atoms with E-state index in [4.69, 9.17) is 30.2 Å². The molecule has 7 heterocycles. The number of nitrogens with zero attached hydrogens (tertiary/aromatic N) is 7. The summed E-state index contributed by atoms with van der Waals surface area (Å²) < 4.78 is 0. The monoisotopic (exact) mass is 1100 g/mol. The van der Waals surface area contributed by atoms with Gasteiger partial charge < -0.3 is 55.3 Å². The highest BCUT2D eigenvalue weighted by Crippen LogP contribution is 2.31. The molecule has 82 heavy (non-hydrogen) atoms. The molecular formula is C61H63B2N11O8. The van der Waals surface area contributed by atoms with Crippen LogP contribution < -0.4 is 16.2 Å². The van der Waals surface area contributed by atoms with Crippen LogP contribution in [0.2, 0.25) is 0 Å². The van der Waals surface area contributed by atoms with Crippen molar-refractivity contribution in [2.24, 2.45) is 0 Å². The minimum Gasteiger partial charge on any atom is -0.478 e. The summed E-state index contributed by atoms with van der Waals surface area (Å²) in [6.45, 7) is 5.08. The highest BCUT2D eigenvalue weighted by molar-refractivity contribution is 6.59. The van der Waals surface area contributed by atoms with Gasteiger partial charge in [-0.25, -0.2) is 29.7 Å². The molecule has 3 aliphatic rings. The van der Waals surface area contributed by atoms with E-state index in [-0.39, 0.29) is 22.8 Å². The second-order valence-electron chi connectivity index (χ2n) is 20.5. The van der Waals surface area contributed by atoms with Gasteiger partial charge in [-0.1, -0.05) is 72.8 Å². The Morgan fingerprint density at radius 2 is 0.793 bits per heavy atom. The van der Waals surface area contributed by atoms with E-state index >= 15 is 0 Å². The van der Waals surface area contributed by atoms with Crippen LogP contribution in [0.25, 0.3) is 44.5 Å². The van der Waals surface area contributed by atoms with Crippen LogP contribution in [0.15, 0.2) is 164 Å². The summed E-state index contributed by atoms with van der Waals surface area (Å²) in [7, 11) is -3.06. The molecule has 0 radical (unpaired) electrons. The fourth-order valence-electron chi connectivity index (χ4n) is 10.5. The first-order valence-corrected chi connectivity index (χ1v) is 27.6. The lowest BCUT2D eigenvalue weighted by Crippen LogP contribution is -2.38. The number of carboxylic acids is 1. The third kappa shape index (κ3) is 14.0. The lowest BCUT2D eigenvalue weighted by molar-refractivity contribution is 0.0691. The molecule has 0 unspecified atom stereocenters. The predicted molar refractivity (Wildman–Crippen MR) is 316 cm³/mol. The maximum atomic E-state index is 12.9. The molecule has 0 aliphatic carbocycles. The van der Waals surface area contributed by atoms with E-state index in [0.717, 1.165) is 108 Å². The Morgan fingerprint density at radius 1 is 0.439 bits per heavy atom. The quantitative estimate of drug-likeness (QED) is 0.0708. The molecule has 3 fully saturated rings. The average molecular weight is 1100 g/mol. The van der Waals surface area contributed by atoms with Crippen LogP contribution in [-0.2, 0) is 0 Å². The van der Waals surface area contributed by atoms with E-state index in [2.05, 4.69) is 58.4 Å². The zero-order valence-corrected chi connectivity index (χ0v) is 45.1. The summed E-state index contributed by atoms with van der Waals surface area (Å²) in [6, 6.07) is 45.4. The molecule has 0 bridgehead atoms. The predicted octanol–water partition coefficient (Wildman–Crippen LogP) is 6.40. The number of aromatic amines is 3. The van der Waals surface area contributed by atoms with Gasteiger partial charge in [0, 0.05) is 73.0 Å². The number of carbonyl (C=O) groups is 3. The largest absolute Gasteiger partial charge is 0.488 e. The Labute approximate surface area is 473 Å². The molecule has 19 nitrogen and oxygen atoms in total. The SMILES string of the molecule is O=C(O)c1ccc(B(O)O)cc1.O=C(c1ccc(-c2ncccn2)cc1)N1CCC(c2nc3ccccc3[nH]2)CC1.O=C(c1ccc(B(O)O)cc1)N1CCC(c2nc3ccccc3[nH]2)CC1.c1ccc2[nH]c(C3CCNCC3)nc2c1. The number of aromatic nitrogens is 8. The highest BCUT2D eigenvalue weighted by atomic mass is 16.4.